The van der Waals surface area contributed by atoms with Crippen molar-refractivity contribution < 1.29 is 22.8 Å². The van der Waals surface area contributed by atoms with Crippen LogP contribution < -0.4 is 16.4 Å². The van der Waals surface area contributed by atoms with E-state index in [1.807, 2.05) is 0 Å². The van der Waals surface area contributed by atoms with E-state index in [9.17, 15) is 22.8 Å². The summed E-state index contributed by atoms with van der Waals surface area (Å²) < 4.78 is 38.5. The van der Waals surface area contributed by atoms with Crippen LogP contribution in [0.1, 0.15) is 26.3 Å². The summed E-state index contributed by atoms with van der Waals surface area (Å²) in [5, 5.41) is 5.06. The number of nitrogens with zero attached hydrogens (tertiary/aromatic N) is 2. The Morgan fingerprint density at radius 1 is 0.933 bits per heavy atom. The van der Waals surface area contributed by atoms with Gasteiger partial charge in [-0.3, -0.25) is 9.59 Å². The lowest BCUT2D eigenvalue weighted by Crippen LogP contribution is -2.16. The first-order valence-corrected chi connectivity index (χ1v) is 8.68. The van der Waals surface area contributed by atoms with Crippen LogP contribution in [-0.2, 0) is 6.18 Å². The van der Waals surface area contributed by atoms with Crippen LogP contribution >= 0.6 is 11.6 Å². The zero-order valence-electron chi connectivity index (χ0n) is 15.0. The molecule has 0 radical (unpaired) electrons. The molecular weight excluding hydrogens is 423 g/mol. The maximum Gasteiger partial charge on any atom is 0.416 e. The SMILES string of the molecule is Nc1ncc(NC(=O)c2cc(NC(=O)c3cccc(C(F)(F)F)c3)ccc2Cl)cn1. The van der Waals surface area contributed by atoms with Crippen molar-refractivity contribution in [3.05, 3.63) is 76.6 Å². The van der Waals surface area contributed by atoms with Crippen molar-refractivity contribution >= 4 is 40.7 Å². The summed E-state index contributed by atoms with van der Waals surface area (Å²) in [6, 6.07) is 8.06. The summed E-state index contributed by atoms with van der Waals surface area (Å²) in [5.41, 5.74) is 4.70. The van der Waals surface area contributed by atoms with E-state index in [-0.39, 0.29) is 33.5 Å². The van der Waals surface area contributed by atoms with Crippen molar-refractivity contribution in [2.45, 2.75) is 6.18 Å². The molecule has 0 aliphatic carbocycles. The fraction of sp³-hybridized carbons (Fsp3) is 0.0526. The Bertz CT molecular complexity index is 1100. The largest absolute Gasteiger partial charge is 0.416 e. The first-order valence-electron chi connectivity index (χ1n) is 8.30. The molecule has 1 heterocycles. The Morgan fingerprint density at radius 3 is 2.27 bits per heavy atom. The number of aromatic nitrogens is 2. The molecule has 0 aliphatic heterocycles. The lowest BCUT2D eigenvalue weighted by atomic mass is 10.1. The van der Waals surface area contributed by atoms with Crippen molar-refractivity contribution in [2.24, 2.45) is 0 Å². The van der Waals surface area contributed by atoms with E-state index in [1.54, 1.807) is 0 Å². The van der Waals surface area contributed by atoms with Gasteiger partial charge in [0.25, 0.3) is 11.8 Å². The van der Waals surface area contributed by atoms with E-state index in [0.717, 1.165) is 18.2 Å². The van der Waals surface area contributed by atoms with Gasteiger partial charge in [0.05, 0.1) is 34.2 Å². The minimum absolute atomic E-state index is 0.0235. The summed E-state index contributed by atoms with van der Waals surface area (Å²) in [4.78, 5) is 32.3. The van der Waals surface area contributed by atoms with Crippen molar-refractivity contribution in [1.29, 1.82) is 0 Å². The maximum absolute atomic E-state index is 12.8. The third-order valence-electron chi connectivity index (χ3n) is 3.85. The number of nitrogen functional groups attached to an aromatic ring is 1. The zero-order valence-corrected chi connectivity index (χ0v) is 15.8. The number of hydrogen-bond donors (Lipinski definition) is 3. The summed E-state index contributed by atoms with van der Waals surface area (Å²) >= 11 is 6.06. The number of anilines is 3. The number of amides is 2. The summed E-state index contributed by atoms with van der Waals surface area (Å²) in [6.45, 7) is 0. The minimum Gasteiger partial charge on any atom is -0.368 e. The number of nitrogens with one attached hydrogen (secondary N) is 2. The molecule has 1 aromatic heterocycles. The number of nitrogens with two attached hydrogens (primary N) is 1. The molecule has 0 atom stereocenters. The van der Waals surface area contributed by atoms with Gasteiger partial charge in [0.15, 0.2) is 0 Å². The molecule has 154 valence electrons. The zero-order chi connectivity index (χ0) is 21.9. The molecule has 0 aliphatic rings. The molecule has 0 saturated heterocycles. The van der Waals surface area contributed by atoms with Crippen LogP contribution in [-0.4, -0.2) is 21.8 Å². The van der Waals surface area contributed by atoms with E-state index in [0.29, 0.717) is 0 Å². The van der Waals surface area contributed by atoms with Gasteiger partial charge < -0.3 is 16.4 Å². The molecule has 2 amide bonds. The molecule has 0 bridgehead atoms. The highest BCUT2D eigenvalue weighted by molar-refractivity contribution is 6.34. The van der Waals surface area contributed by atoms with Gasteiger partial charge in [-0.2, -0.15) is 13.2 Å². The normalized spacial score (nSPS) is 11.1. The van der Waals surface area contributed by atoms with E-state index >= 15 is 0 Å². The van der Waals surface area contributed by atoms with Gasteiger partial charge in [-0.25, -0.2) is 9.97 Å². The molecule has 11 heteroatoms. The van der Waals surface area contributed by atoms with Crippen LogP contribution in [0.2, 0.25) is 5.02 Å². The molecule has 7 nitrogen and oxygen atoms in total. The lowest BCUT2D eigenvalue weighted by Gasteiger charge is -2.11. The molecule has 0 saturated carbocycles. The highest BCUT2D eigenvalue weighted by Crippen LogP contribution is 2.30. The fourth-order valence-corrected chi connectivity index (χ4v) is 2.62. The van der Waals surface area contributed by atoms with Gasteiger partial charge in [-0.1, -0.05) is 17.7 Å². The first-order chi connectivity index (χ1) is 14.1. The molecule has 0 unspecified atom stereocenters. The Labute approximate surface area is 173 Å². The predicted octanol–water partition coefficient (Wildman–Crippen LogP) is 4.24. The Kier molecular flexibility index (Phi) is 5.88. The van der Waals surface area contributed by atoms with Crippen molar-refractivity contribution in [1.82, 2.24) is 9.97 Å². The number of benzene rings is 2. The molecular formula is C19H13ClF3N5O2. The smallest absolute Gasteiger partial charge is 0.368 e. The standard InChI is InChI=1S/C19H13ClF3N5O2/c20-15-5-4-12(7-14(15)17(30)28-13-8-25-18(24)26-9-13)27-16(29)10-2-1-3-11(6-10)19(21,22)23/h1-9H,(H,27,29)(H,28,30)(H2,24,25,26). The van der Waals surface area contributed by atoms with Crippen LogP contribution in [0, 0.1) is 0 Å². The topological polar surface area (TPSA) is 110 Å². The van der Waals surface area contributed by atoms with Crippen LogP contribution in [0.5, 0.6) is 0 Å². The molecule has 0 spiro atoms. The summed E-state index contributed by atoms with van der Waals surface area (Å²) in [5.74, 6) is -1.35. The number of alkyl halides is 3. The second kappa shape index (κ2) is 8.37. The number of halogens is 4. The maximum atomic E-state index is 12.8. The van der Waals surface area contributed by atoms with Crippen molar-refractivity contribution in [2.75, 3.05) is 16.4 Å². The van der Waals surface area contributed by atoms with E-state index in [1.165, 1.54) is 36.7 Å². The van der Waals surface area contributed by atoms with E-state index in [4.69, 9.17) is 17.3 Å². The molecule has 2 aromatic carbocycles. The number of rotatable bonds is 4. The first kappa shape index (κ1) is 21.1. The molecule has 4 N–H and O–H groups in total. The third kappa shape index (κ3) is 5.03. The fourth-order valence-electron chi connectivity index (χ4n) is 2.42. The average Bonchev–Trinajstić information content (AvgIpc) is 2.70. The Morgan fingerprint density at radius 2 is 1.60 bits per heavy atom. The van der Waals surface area contributed by atoms with Crippen LogP contribution in [0.3, 0.4) is 0 Å². The van der Waals surface area contributed by atoms with Gasteiger partial charge in [0.2, 0.25) is 5.95 Å². The van der Waals surface area contributed by atoms with Gasteiger partial charge >= 0.3 is 6.18 Å². The highest BCUT2D eigenvalue weighted by atomic mass is 35.5. The summed E-state index contributed by atoms with van der Waals surface area (Å²) in [7, 11) is 0. The second-order valence-corrected chi connectivity index (χ2v) is 6.42. The Balaban J connectivity index is 1.78. The summed E-state index contributed by atoms with van der Waals surface area (Å²) in [6.07, 6.45) is -1.98. The van der Waals surface area contributed by atoms with Gasteiger partial charge in [0.1, 0.15) is 0 Å². The third-order valence-corrected chi connectivity index (χ3v) is 4.18. The molecule has 3 rings (SSSR count). The van der Waals surface area contributed by atoms with Crippen LogP contribution in [0.15, 0.2) is 54.9 Å². The number of hydrogen-bond acceptors (Lipinski definition) is 5. The number of carbonyl (C=O) groups excluding carboxylic acids is 2. The highest BCUT2D eigenvalue weighted by Gasteiger charge is 2.30. The Hall–Kier alpha value is -3.66. The molecule has 3 aromatic rings. The van der Waals surface area contributed by atoms with E-state index in [2.05, 4.69) is 20.6 Å². The molecule has 0 fully saturated rings. The second-order valence-electron chi connectivity index (χ2n) is 6.01. The average molecular weight is 436 g/mol. The quantitative estimate of drug-likeness (QED) is 0.568. The van der Waals surface area contributed by atoms with Crippen molar-refractivity contribution in [3.63, 3.8) is 0 Å². The van der Waals surface area contributed by atoms with Crippen LogP contribution in [0.4, 0.5) is 30.5 Å². The predicted molar refractivity (Wildman–Crippen MR) is 105 cm³/mol. The lowest BCUT2D eigenvalue weighted by molar-refractivity contribution is -0.137. The van der Waals surface area contributed by atoms with Gasteiger partial charge in [-0.15, -0.1) is 0 Å². The van der Waals surface area contributed by atoms with Crippen LogP contribution in [0.25, 0.3) is 0 Å². The minimum atomic E-state index is -4.58. The van der Waals surface area contributed by atoms with Crippen molar-refractivity contribution in [3.8, 4) is 0 Å². The molecule has 30 heavy (non-hydrogen) atoms. The monoisotopic (exact) mass is 435 g/mol. The van der Waals surface area contributed by atoms with E-state index < -0.39 is 23.6 Å². The number of carbonyl (C=O) groups is 2. The van der Waals surface area contributed by atoms with Gasteiger partial charge in [0, 0.05) is 11.3 Å². The van der Waals surface area contributed by atoms with Gasteiger partial charge in [-0.05, 0) is 36.4 Å².